The Kier molecular flexibility index (Phi) is 7.63. The predicted molar refractivity (Wildman–Crippen MR) is 107 cm³/mol. The molecule has 2 rings (SSSR count). The lowest BCUT2D eigenvalue weighted by molar-refractivity contribution is 0.0940. The zero-order valence-corrected chi connectivity index (χ0v) is 17.0. The molecule has 150 valence electrons. The number of carbonyl (C=O) groups is 2. The number of hydrogen-bond donors (Lipinski definition) is 2. The number of nitrogens with one attached hydrogen (secondary N) is 2. The maximum atomic E-state index is 12.8. The number of nitrogens with zero attached hydrogens (tertiary/aromatic N) is 1. The number of amides is 2. The van der Waals surface area contributed by atoms with Crippen LogP contribution in [-0.2, 0) is 6.54 Å². The van der Waals surface area contributed by atoms with Crippen LogP contribution in [0.15, 0.2) is 17.2 Å². The van der Waals surface area contributed by atoms with Gasteiger partial charge in [-0.2, -0.15) is 0 Å². The molecule has 0 spiro atoms. The van der Waals surface area contributed by atoms with Crippen LogP contribution in [-0.4, -0.2) is 29.0 Å². The minimum atomic E-state index is -0.505. The van der Waals surface area contributed by atoms with Gasteiger partial charge in [0.1, 0.15) is 11.1 Å². The van der Waals surface area contributed by atoms with E-state index in [4.69, 9.17) is 0 Å². The highest BCUT2D eigenvalue weighted by Crippen LogP contribution is 2.22. The van der Waals surface area contributed by atoms with Crippen molar-refractivity contribution in [3.63, 3.8) is 0 Å². The van der Waals surface area contributed by atoms with Crippen LogP contribution in [0, 0.1) is 11.8 Å². The van der Waals surface area contributed by atoms with E-state index >= 15 is 0 Å². The molecule has 2 N–H and O–H groups in total. The molecule has 27 heavy (non-hydrogen) atoms. The molecule has 0 saturated heterocycles. The third-order valence-corrected chi connectivity index (χ3v) is 4.84. The van der Waals surface area contributed by atoms with E-state index in [2.05, 4.69) is 24.5 Å². The van der Waals surface area contributed by atoms with Crippen molar-refractivity contribution in [1.82, 2.24) is 15.2 Å². The van der Waals surface area contributed by atoms with Gasteiger partial charge in [0, 0.05) is 31.5 Å². The first-order valence-electron chi connectivity index (χ1n) is 10.1. The fraction of sp³-hybridized carbons (Fsp3) is 0.667. The molecule has 0 atom stereocenters. The van der Waals surface area contributed by atoms with E-state index in [0.717, 1.165) is 12.8 Å². The van der Waals surface area contributed by atoms with Crippen LogP contribution < -0.4 is 16.1 Å². The zero-order valence-electron chi connectivity index (χ0n) is 17.0. The Labute approximate surface area is 161 Å². The third-order valence-electron chi connectivity index (χ3n) is 4.84. The Hall–Kier alpha value is -2.11. The van der Waals surface area contributed by atoms with E-state index in [0.29, 0.717) is 24.9 Å². The van der Waals surface area contributed by atoms with Gasteiger partial charge in [0.05, 0.1) is 0 Å². The second-order valence-electron chi connectivity index (χ2n) is 8.35. The summed E-state index contributed by atoms with van der Waals surface area (Å²) in [7, 11) is 0. The molecule has 0 radical (unpaired) electrons. The second-order valence-corrected chi connectivity index (χ2v) is 8.35. The third kappa shape index (κ3) is 6.22. The average molecular weight is 376 g/mol. The van der Waals surface area contributed by atoms with Crippen molar-refractivity contribution >= 4 is 11.8 Å². The summed E-state index contributed by atoms with van der Waals surface area (Å²) in [6, 6.07) is -0.0840. The van der Waals surface area contributed by atoms with Gasteiger partial charge in [-0.25, -0.2) is 0 Å². The number of aromatic nitrogens is 1. The predicted octanol–water partition coefficient (Wildman–Crippen LogP) is 2.95. The Balaban J connectivity index is 2.25. The van der Waals surface area contributed by atoms with Gasteiger partial charge in [0.2, 0.25) is 5.43 Å². The van der Waals surface area contributed by atoms with Gasteiger partial charge in [-0.15, -0.1) is 0 Å². The lowest BCUT2D eigenvalue weighted by Gasteiger charge is -2.22. The van der Waals surface area contributed by atoms with E-state index in [-0.39, 0.29) is 23.1 Å². The lowest BCUT2D eigenvalue weighted by Crippen LogP contribution is -2.38. The molecule has 0 bridgehead atoms. The van der Waals surface area contributed by atoms with E-state index in [1.807, 2.05) is 13.8 Å². The van der Waals surface area contributed by atoms with Crippen molar-refractivity contribution in [2.45, 2.75) is 72.4 Å². The highest BCUT2D eigenvalue weighted by molar-refractivity contribution is 5.99. The van der Waals surface area contributed by atoms with Gasteiger partial charge in [0.15, 0.2) is 0 Å². The molecule has 6 heteroatoms. The van der Waals surface area contributed by atoms with Crippen molar-refractivity contribution in [2.75, 3.05) is 6.54 Å². The summed E-state index contributed by atoms with van der Waals surface area (Å²) in [6.07, 6.45) is 9.03. The maximum Gasteiger partial charge on any atom is 0.256 e. The summed E-state index contributed by atoms with van der Waals surface area (Å²) in [5.74, 6) is -0.0172. The zero-order chi connectivity index (χ0) is 20.0. The van der Waals surface area contributed by atoms with E-state index in [1.54, 1.807) is 17.0 Å². The summed E-state index contributed by atoms with van der Waals surface area (Å²) >= 11 is 0. The van der Waals surface area contributed by atoms with Crippen LogP contribution in [0.5, 0.6) is 0 Å². The lowest BCUT2D eigenvalue weighted by atomic mass is 9.89. The molecule has 2 amide bonds. The minimum Gasteiger partial charge on any atom is -0.352 e. The largest absolute Gasteiger partial charge is 0.352 e. The van der Waals surface area contributed by atoms with Crippen LogP contribution in [0.1, 0.15) is 80.5 Å². The molecule has 1 aliphatic rings. The molecule has 1 aromatic heterocycles. The Bertz CT molecular complexity index is 716. The average Bonchev–Trinajstić information content (AvgIpc) is 2.60. The van der Waals surface area contributed by atoms with Crippen molar-refractivity contribution in [3.05, 3.63) is 33.7 Å². The van der Waals surface area contributed by atoms with Crippen LogP contribution in [0.4, 0.5) is 0 Å². The first-order valence-corrected chi connectivity index (χ1v) is 10.1. The molecule has 0 aliphatic heterocycles. The van der Waals surface area contributed by atoms with Gasteiger partial charge in [0.25, 0.3) is 11.8 Å². The Morgan fingerprint density at radius 2 is 1.63 bits per heavy atom. The Morgan fingerprint density at radius 1 is 1.04 bits per heavy atom. The quantitative estimate of drug-likeness (QED) is 0.769. The van der Waals surface area contributed by atoms with E-state index in [9.17, 15) is 14.4 Å². The molecule has 0 aromatic carbocycles. The smallest absolute Gasteiger partial charge is 0.256 e. The summed E-state index contributed by atoms with van der Waals surface area (Å²) in [5.41, 5.74) is -0.438. The molecule has 6 nitrogen and oxygen atoms in total. The maximum absolute atomic E-state index is 12.8. The topological polar surface area (TPSA) is 80.2 Å². The van der Waals surface area contributed by atoms with Crippen molar-refractivity contribution in [1.29, 1.82) is 0 Å². The molecule has 1 fully saturated rings. The first-order chi connectivity index (χ1) is 12.8. The number of rotatable bonds is 7. The normalized spacial score (nSPS) is 15.2. The summed E-state index contributed by atoms with van der Waals surface area (Å²) in [5, 5.41) is 5.66. The van der Waals surface area contributed by atoms with Gasteiger partial charge in [-0.05, 0) is 38.5 Å². The molecule has 1 aliphatic carbocycles. The second kappa shape index (κ2) is 9.72. The highest BCUT2D eigenvalue weighted by atomic mass is 16.2. The van der Waals surface area contributed by atoms with E-state index in [1.165, 1.54) is 19.3 Å². The van der Waals surface area contributed by atoms with Gasteiger partial charge < -0.3 is 15.2 Å². The standard InChI is InChI=1S/C21H33N3O3/c1-14(2)11-24-12-17(19(25)18(13-24)21(27)23-15(3)4)20(26)22-10-16-8-6-5-7-9-16/h12-16H,5-11H2,1-4H3,(H,22,26)(H,23,27). The van der Waals surface area contributed by atoms with Crippen LogP contribution in [0.2, 0.25) is 0 Å². The SMILES string of the molecule is CC(C)Cn1cc(C(=O)NCC2CCCCC2)c(=O)c(C(=O)NC(C)C)c1. The molecular formula is C21H33N3O3. The van der Waals surface area contributed by atoms with Gasteiger partial charge in [-0.3, -0.25) is 14.4 Å². The van der Waals surface area contributed by atoms with Crippen LogP contribution in [0.3, 0.4) is 0 Å². The number of hydrogen-bond acceptors (Lipinski definition) is 3. The fourth-order valence-corrected chi connectivity index (χ4v) is 3.55. The van der Waals surface area contributed by atoms with Crippen LogP contribution >= 0.6 is 0 Å². The fourth-order valence-electron chi connectivity index (χ4n) is 3.55. The van der Waals surface area contributed by atoms with Crippen LogP contribution in [0.25, 0.3) is 0 Å². The molecule has 0 unspecified atom stereocenters. The van der Waals surface area contributed by atoms with Gasteiger partial charge >= 0.3 is 0 Å². The van der Waals surface area contributed by atoms with Gasteiger partial charge in [-0.1, -0.05) is 33.1 Å². The summed E-state index contributed by atoms with van der Waals surface area (Å²) in [6.45, 7) is 9.00. The summed E-state index contributed by atoms with van der Waals surface area (Å²) in [4.78, 5) is 37.9. The van der Waals surface area contributed by atoms with Crippen molar-refractivity contribution in [2.24, 2.45) is 11.8 Å². The highest BCUT2D eigenvalue weighted by Gasteiger charge is 2.21. The van der Waals surface area contributed by atoms with E-state index < -0.39 is 11.3 Å². The molecule has 1 saturated carbocycles. The first kappa shape index (κ1) is 21.2. The molecular weight excluding hydrogens is 342 g/mol. The van der Waals surface area contributed by atoms with Crippen molar-refractivity contribution < 1.29 is 9.59 Å². The Morgan fingerprint density at radius 3 is 2.19 bits per heavy atom. The minimum absolute atomic E-state index is 0.0228. The molecule has 1 aromatic rings. The van der Waals surface area contributed by atoms with Crippen molar-refractivity contribution in [3.8, 4) is 0 Å². The molecule has 1 heterocycles. The summed E-state index contributed by atoms with van der Waals surface area (Å²) < 4.78 is 1.77. The number of carbonyl (C=O) groups excluding carboxylic acids is 2. The monoisotopic (exact) mass is 375 g/mol. The number of pyridine rings is 1.